The van der Waals surface area contributed by atoms with Gasteiger partial charge in [0.05, 0.1) is 0 Å². The number of hydrogen-bond acceptors (Lipinski definition) is 2. The molecule has 1 aliphatic heterocycles. The minimum atomic E-state index is -0.676. The molecule has 0 atom stereocenters. The molecule has 0 aliphatic carbocycles. The lowest BCUT2D eigenvalue weighted by Gasteiger charge is -2.29. The summed E-state index contributed by atoms with van der Waals surface area (Å²) in [6.07, 6.45) is 3.65. The average molecular weight is 215 g/mol. The summed E-state index contributed by atoms with van der Waals surface area (Å²) in [6.45, 7) is 9.55. The molecule has 0 bridgehead atoms. The summed E-state index contributed by atoms with van der Waals surface area (Å²) in [4.78, 5) is 12.7. The first-order chi connectivity index (χ1) is 7.18. The molecule has 0 radical (unpaired) electrons. The Morgan fingerprint density at radius 3 is 2.33 bits per heavy atom. The molecule has 0 aromatic carbocycles. The van der Waals surface area contributed by atoms with E-state index < -0.39 is 5.97 Å². The van der Waals surface area contributed by atoms with Crippen LogP contribution in [0.15, 0.2) is 0 Å². The molecule has 0 unspecified atom stereocenters. The molecule has 1 saturated heterocycles. The molecule has 0 saturated carbocycles. The number of aliphatic carboxylic acids is 1. The van der Waals surface area contributed by atoms with Gasteiger partial charge in [-0.15, -0.1) is 0 Å². The second kappa shape index (κ2) is 8.72. The number of carboxylic acid groups (broad SMARTS) is 1. The summed E-state index contributed by atoms with van der Waals surface area (Å²) in [5.41, 5.74) is 0. The summed E-state index contributed by atoms with van der Waals surface area (Å²) in [5, 5.41) is 8.47. The van der Waals surface area contributed by atoms with Crippen LogP contribution >= 0.6 is 0 Å². The number of rotatable bonds is 4. The summed E-state index contributed by atoms with van der Waals surface area (Å²) in [6, 6.07) is 0. The second-order valence-corrected chi connectivity index (χ2v) is 4.02. The molecule has 3 heteroatoms. The van der Waals surface area contributed by atoms with E-state index in [1.54, 1.807) is 0 Å². The average Bonchev–Trinajstić information content (AvgIpc) is 2.23. The maximum absolute atomic E-state index is 10.3. The van der Waals surface area contributed by atoms with Crippen LogP contribution in [0.1, 0.15) is 46.5 Å². The Kier molecular flexibility index (Phi) is 8.38. The van der Waals surface area contributed by atoms with Crippen molar-refractivity contribution < 1.29 is 9.90 Å². The fourth-order valence-electron chi connectivity index (χ4n) is 1.74. The van der Waals surface area contributed by atoms with Crippen molar-refractivity contribution in [3.8, 4) is 0 Å². The van der Waals surface area contributed by atoms with Gasteiger partial charge in [0, 0.05) is 6.42 Å². The molecule has 1 heterocycles. The molecule has 0 aromatic heterocycles. The van der Waals surface area contributed by atoms with Crippen molar-refractivity contribution >= 4 is 5.97 Å². The highest BCUT2D eigenvalue weighted by atomic mass is 16.4. The van der Waals surface area contributed by atoms with Gasteiger partial charge >= 0.3 is 5.97 Å². The maximum atomic E-state index is 10.3. The third-order valence-corrected chi connectivity index (χ3v) is 2.74. The van der Waals surface area contributed by atoms with Gasteiger partial charge in [-0.3, -0.25) is 4.79 Å². The Morgan fingerprint density at radius 2 is 1.87 bits per heavy atom. The molecule has 15 heavy (non-hydrogen) atoms. The van der Waals surface area contributed by atoms with Gasteiger partial charge in [0.25, 0.3) is 0 Å². The van der Waals surface area contributed by atoms with Crippen molar-refractivity contribution in [3.05, 3.63) is 0 Å². The topological polar surface area (TPSA) is 40.5 Å². The van der Waals surface area contributed by atoms with Crippen molar-refractivity contribution in [1.29, 1.82) is 0 Å². The van der Waals surface area contributed by atoms with Crippen molar-refractivity contribution in [2.75, 3.05) is 19.6 Å². The lowest BCUT2D eigenvalue weighted by molar-refractivity contribution is -0.137. The number of hydrogen-bond donors (Lipinski definition) is 1. The lowest BCUT2D eigenvalue weighted by Crippen LogP contribution is -2.33. The lowest BCUT2D eigenvalue weighted by atomic mass is 9.99. The first-order valence-electron chi connectivity index (χ1n) is 6.12. The summed E-state index contributed by atoms with van der Waals surface area (Å²) < 4.78 is 0. The highest BCUT2D eigenvalue weighted by molar-refractivity contribution is 5.66. The van der Waals surface area contributed by atoms with Crippen LogP contribution in [0, 0.1) is 5.92 Å². The molecule has 0 amide bonds. The van der Waals surface area contributed by atoms with E-state index in [0.29, 0.717) is 6.42 Å². The molecule has 1 N–H and O–H groups in total. The Bertz CT molecular complexity index is 163. The normalized spacial score (nSPS) is 18.1. The van der Waals surface area contributed by atoms with Crippen molar-refractivity contribution in [3.63, 3.8) is 0 Å². The molecule has 0 spiro atoms. The predicted molar refractivity (Wildman–Crippen MR) is 63.1 cm³/mol. The second-order valence-electron chi connectivity index (χ2n) is 4.02. The summed E-state index contributed by atoms with van der Waals surface area (Å²) in [5.74, 6) is 0.182. The van der Waals surface area contributed by atoms with E-state index in [-0.39, 0.29) is 0 Å². The minimum Gasteiger partial charge on any atom is -0.481 e. The third-order valence-electron chi connectivity index (χ3n) is 2.74. The fraction of sp³-hybridized carbons (Fsp3) is 0.917. The SMILES string of the molecule is CC.CC1CCN(CCCC(=O)O)CC1. The molecule has 1 fully saturated rings. The van der Waals surface area contributed by atoms with Gasteiger partial charge in [0.15, 0.2) is 0 Å². The number of likely N-dealkylation sites (tertiary alicyclic amines) is 1. The fourth-order valence-corrected chi connectivity index (χ4v) is 1.74. The molecule has 3 nitrogen and oxygen atoms in total. The van der Waals surface area contributed by atoms with Crippen LogP contribution in [0.2, 0.25) is 0 Å². The Morgan fingerprint density at radius 1 is 1.33 bits per heavy atom. The highest BCUT2D eigenvalue weighted by Gasteiger charge is 2.14. The van der Waals surface area contributed by atoms with E-state index in [9.17, 15) is 4.79 Å². The van der Waals surface area contributed by atoms with Crippen LogP contribution in [-0.2, 0) is 4.79 Å². The van der Waals surface area contributed by atoms with Gasteiger partial charge in [-0.05, 0) is 44.8 Å². The quantitative estimate of drug-likeness (QED) is 0.783. The Labute approximate surface area is 93.5 Å². The van der Waals surface area contributed by atoms with Gasteiger partial charge in [0.2, 0.25) is 0 Å². The van der Waals surface area contributed by atoms with E-state index in [1.165, 1.54) is 12.8 Å². The molecular formula is C12H25NO2. The van der Waals surface area contributed by atoms with Crippen LogP contribution in [0.5, 0.6) is 0 Å². The summed E-state index contributed by atoms with van der Waals surface area (Å²) >= 11 is 0. The molecule has 0 aromatic rings. The van der Waals surface area contributed by atoms with E-state index in [2.05, 4.69) is 11.8 Å². The van der Waals surface area contributed by atoms with Gasteiger partial charge in [-0.1, -0.05) is 20.8 Å². The number of nitrogens with zero attached hydrogens (tertiary/aromatic N) is 1. The zero-order valence-corrected chi connectivity index (χ0v) is 10.3. The van der Waals surface area contributed by atoms with Crippen LogP contribution in [0.25, 0.3) is 0 Å². The standard InChI is InChI=1S/C10H19NO2.C2H6/c1-9-4-7-11(8-5-9)6-2-3-10(12)13;1-2/h9H,2-8H2,1H3,(H,12,13);1-2H3. The first kappa shape index (κ1) is 14.4. The van der Waals surface area contributed by atoms with Gasteiger partial charge in [-0.25, -0.2) is 0 Å². The van der Waals surface area contributed by atoms with Crippen LogP contribution in [0.4, 0.5) is 0 Å². The number of piperidine rings is 1. The van der Waals surface area contributed by atoms with E-state index in [4.69, 9.17) is 5.11 Å². The molecule has 90 valence electrons. The van der Waals surface area contributed by atoms with E-state index >= 15 is 0 Å². The van der Waals surface area contributed by atoms with Crippen molar-refractivity contribution in [1.82, 2.24) is 4.90 Å². The zero-order chi connectivity index (χ0) is 11.7. The van der Waals surface area contributed by atoms with Crippen LogP contribution in [-0.4, -0.2) is 35.6 Å². The van der Waals surface area contributed by atoms with Gasteiger partial charge in [-0.2, -0.15) is 0 Å². The Balaban J connectivity index is 0.000000921. The monoisotopic (exact) mass is 215 g/mol. The predicted octanol–water partition coefficient (Wildman–Crippen LogP) is 2.61. The highest BCUT2D eigenvalue weighted by Crippen LogP contribution is 2.15. The number of carbonyl (C=O) groups is 1. The van der Waals surface area contributed by atoms with Crippen LogP contribution in [0.3, 0.4) is 0 Å². The maximum Gasteiger partial charge on any atom is 0.303 e. The Hall–Kier alpha value is -0.570. The first-order valence-corrected chi connectivity index (χ1v) is 6.12. The van der Waals surface area contributed by atoms with E-state index in [1.807, 2.05) is 13.8 Å². The molecular weight excluding hydrogens is 190 g/mol. The van der Waals surface area contributed by atoms with Gasteiger partial charge in [0.1, 0.15) is 0 Å². The van der Waals surface area contributed by atoms with Crippen molar-refractivity contribution in [2.24, 2.45) is 5.92 Å². The van der Waals surface area contributed by atoms with Crippen LogP contribution < -0.4 is 0 Å². The summed E-state index contributed by atoms with van der Waals surface area (Å²) in [7, 11) is 0. The van der Waals surface area contributed by atoms with E-state index in [0.717, 1.165) is 32.0 Å². The molecule has 1 rings (SSSR count). The largest absolute Gasteiger partial charge is 0.481 e. The van der Waals surface area contributed by atoms with Gasteiger partial charge < -0.3 is 10.0 Å². The van der Waals surface area contributed by atoms with Crippen molar-refractivity contribution in [2.45, 2.75) is 46.5 Å². The molecule has 1 aliphatic rings. The smallest absolute Gasteiger partial charge is 0.303 e. The minimum absolute atomic E-state index is 0.312. The third kappa shape index (κ3) is 7.37. The number of carboxylic acids is 1. The zero-order valence-electron chi connectivity index (χ0n) is 10.3.